The van der Waals surface area contributed by atoms with Crippen LogP contribution in [-0.4, -0.2) is 0 Å². The SMILES string of the molecule is CC(C)(C)Cc1ccccc1.[CH3-].[Li+]. The first kappa shape index (κ1) is 15.3. The van der Waals surface area contributed by atoms with Crippen molar-refractivity contribution in [1.82, 2.24) is 0 Å². The van der Waals surface area contributed by atoms with Gasteiger partial charge in [-0.25, -0.2) is 0 Å². The summed E-state index contributed by atoms with van der Waals surface area (Å²) in [6, 6.07) is 10.6. The fraction of sp³-hybridized carbons (Fsp3) is 0.417. The van der Waals surface area contributed by atoms with Gasteiger partial charge in [-0.2, -0.15) is 0 Å². The van der Waals surface area contributed by atoms with E-state index in [1.165, 1.54) is 5.56 Å². The van der Waals surface area contributed by atoms with Gasteiger partial charge in [0.2, 0.25) is 0 Å². The predicted octanol–water partition coefficient (Wildman–Crippen LogP) is 0.729. The quantitative estimate of drug-likeness (QED) is 0.430. The molecular formula is C12H19Li. The second-order valence-electron chi connectivity index (χ2n) is 4.22. The summed E-state index contributed by atoms with van der Waals surface area (Å²) in [6.07, 6.45) is 1.16. The van der Waals surface area contributed by atoms with Crippen LogP contribution in [0.1, 0.15) is 26.3 Å². The molecule has 1 aromatic rings. The Balaban J connectivity index is 0. The van der Waals surface area contributed by atoms with Crippen molar-refractivity contribution in [1.29, 1.82) is 0 Å². The summed E-state index contributed by atoms with van der Waals surface area (Å²) in [5, 5.41) is 0. The van der Waals surface area contributed by atoms with Crippen LogP contribution >= 0.6 is 0 Å². The minimum Gasteiger partial charge on any atom is -0.358 e. The third-order valence-corrected chi connectivity index (χ3v) is 1.58. The Labute approximate surface area is 94.9 Å². The topological polar surface area (TPSA) is 0 Å². The average molecular weight is 170 g/mol. The maximum absolute atomic E-state index is 2.26. The Hall–Kier alpha value is -0.183. The van der Waals surface area contributed by atoms with Gasteiger partial charge in [-0.05, 0) is 17.4 Å². The van der Waals surface area contributed by atoms with E-state index in [4.69, 9.17) is 0 Å². The molecule has 0 fully saturated rings. The normalized spacial score (nSPS) is 9.77. The first-order valence-electron chi connectivity index (χ1n) is 4.12. The monoisotopic (exact) mass is 170 g/mol. The smallest absolute Gasteiger partial charge is 0.358 e. The molecule has 0 N–H and O–H groups in total. The summed E-state index contributed by atoms with van der Waals surface area (Å²) < 4.78 is 0. The molecule has 0 nitrogen and oxygen atoms in total. The zero-order valence-corrected chi connectivity index (χ0v) is 9.59. The molecule has 0 heterocycles. The van der Waals surface area contributed by atoms with Crippen LogP contribution in [0.15, 0.2) is 30.3 Å². The second-order valence-corrected chi connectivity index (χ2v) is 4.22. The molecular weight excluding hydrogens is 151 g/mol. The minimum absolute atomic E-state index is 0. The average Bonchev–Trinajstić information content (AvgIpc) is 1.85. The molecule has 1 rings (SSSR count). The summed E-state index contributed by atoms with van der Waals surface area (Å²) in [4.78, 5) is 0. The Morgan fingerprint density at radius 3 is 1.85 bits per heavy atom. The zero-order valence-electron chi connectivity index (χ0n) is 9.59. The largest absolute Gasteiger partial charge is 1.00 e. The van der Waals surface area contributed by atoms with Crippen LogP contribution in [0.4, 0.5) is 0 Å². The van der Waals surface area contributed by atoms with E-state index in [1.807, 2.05) is 0 Å². The van der Waals surface area contributed by atoms with Crippen LogP contribution < -0.4 is 18.9 Å². The standard InChI is InChI=1S/C11H16.CH3.Li/c1-11(2,3)9-10-7-5-4-6-8-10;;/h4-8H,9H2,1-3H3;1H3;/q;-1;+1. The van der Waals surface area contributed by atoms with Gasteiger partial charge >= 0.3 is 18.9 Å². The Morgan fingerprint density at radius 1 is 1.00 bits per heavy atom. The molecule has 68 valence electrons. The van der Waals surface area contributed by atoms with Gasteiger partial charge in [0.25, 0.3) is 0 Å². The third-order valence-electron chi connectivity index (χ3n) is 1.58. The molecule has 13 heavy (non-hydrogen) atoms. The van der Waals surface area contributed by atoms with E-state index in [0.717, 1.165) is 6.42 Å². The van der Waals surface area contributed by atoms with Crippen molar-refractivity contribution < 1.29 is 18.9 Å². The van der Waals surface area contributed by atoms with Crippen molar-refractivity contribution in [3.05, 3.63) is 43.3 Å². The van der Waals surface area contributed by atoms with Crippen LogP contribution in [0.2, 0.25) is 0 Å². The molecule has 0 atom stereocenters. The fourth-order valence-corrected chi connectivity index (χ4v) is 1.21. The fourth-order valence-electron chi connectivity index (χ4n) is 1.21. The number of hydrogen-bond acceptors (Lipinski definition) is 0. The van der Waals surface area contributed by atoms with Gasteiger partial charge in [0.05, 0.1) is 0 Å². The van der Waals surface area contributed by atoms with Gasteiger partial charge in [-0.3, -0.25) is 0 Å². The van der Waals surface area contributed by atoms with Crippen molar-refractivity contribution in [3.8, 4) is 0 Å². The first-order chi connectivity index (χ1) is 5.08. The van der Waals surface area contributed by atoms with Crippen LogP contribution in [-0.2, 0) is 6.42 Å². The van der Waals surface area contributed by atoms with Crippen molar-refractivity contribution in [3.63, 3.8) is 0 Å². The molecule has 0 aliphatic carbocycles. The van der Waals surface area contributed by atoms with Gasteiger partial charge < -0.3 is 7.43 Å². The molecule has 1 aromatic carbocycles. The molecule has 0 saturated heterocycles. The molecule has 0 spiro atoms. The minimum atomic E-state index is 0. The molecule has 0 aliphatic heterocycles. The molecule has 0 unspecified atom stereocenters. The number of rotatable bonds is 1. The molecule has 0 aromatic heterocycles. The Bertz CT molecular complexity index is 208. The summed E-state index contributed by atoms with van der Waals surface area (Å²) in [5.74, 6) is 0. The maximum atomic E-state index is 2.26. The van der Waals surface area contributed by atoms with Gasteiger partial charge in [-0.1, -0.05) is 51.1 Å². The van der Waals surface area contributed by atoms with E-state index in [2.05, 4.69) is 51.1 Å². The van der Waals surface area contributed by atoms with E-state index in [1.54, 1.807) is 0 Å². The summed E-state index contributed by atoms with van der Waals surface area (Å²) >= 11 is 0. The van der Waals surface area contributed by atoms with E-state index < -0.39 is 0 Å². The number of benzene rings is 1. The Kier molecular flexibility index (Phi) is 7.41. The zero-order chi connectivity index (χ0) is 8.32. The van der Waals surface area contributed by atoms with Crippen LogP contribution in [0.5, 0.6) is 0 Å². The molecule has 0 radical (unpaired) electrons. The van der Waals surface area contributed by atoms with E-state index in [9.17, 15) is 0 Å². The second kappa shape index (κ2) is 6.30. The van der Waals surface area contributed by atoms with Crippen LogP contribution in [0, 0.1) is 12.8 Å². The molecule has 0 aliphatic rings. The van der Waals surface area contributed by atoms with E-state index in [0.29, 0.717) is 5.41 Å². The third kappa shape index (κ3) is 6.93. The summed E-state index contributed by atoms with van der Waals surface area (Å²) in [7, 11) is 0. The predicted molar refractivity (Wildman–Crippen MR) is 56.0 cm³/mol. The van der Waals surface area contributed by atoms with Gasteiger partial charge in [0.15, 0.2) is 0 Å². The summed E-state index contributed by atoms with van der Waals surface area (Å²) in [6.45, 7) is 6.79. The number of hydrogen-bond donors (Lipinski definition) is 0. The van der Waals surface area contributed by atoms with Crippen molar-refractivity contribution in [2.45, 2.75) is 27.2 Å². The maximum Gasteiger partial charge on any atom is 1.00 e. The molecule has 1 heteroatoms. The Morgan fingerprint density at radius 2 is 1.46 bits per heavy atom. The van der Waals surface area contributed by atoms with Crippen molar-refractivity contribution >= 4 is 0 Å². The molecule has 0 bridgehead atoms. The van der Waals surface area contributed by atoms with Crippen LogP contribution in [0.3, 0.4) is 0 Å². The first-order valence-corrected chi connectivity index (χ1v) is 4.12. The summed E-state index contributed by atoms with van der Waals surface area (Å²) in [5.41, 5.74) is 1.83. The van der Waals surface area contributed by atoms with Gasteiger partial charge in [0, 0.05) is 0 Å². The van der Waals surface area contributed by atoms with Crippen LogP contribution in [0.25, 0.3) is 0 Å². The molecule has 0 amide bonds. The van der Waals surface area contributed by atoms with E-state index >= 15 is 0 Å². The van der Waals surface area contributed by atoms with Crippen molar-refractivity contribution in [2.75, 3.05) is 0 Å². The van der Waals surface area contributed by atoms with Gasteiger partial charge in [-0.15, -0.1) is 0 Å². The molecule has 0 saturated carbocycles. The van der Waals surface area contributed by atoms with Crippen molar-refractivity contribution in [2.24, 2.45) is 5.41 Å². The van der Waals surface area contributed by atoms with E-state index in [-0.39, 0.29) is 26.3 Å². The van der Waals surface area contributed by atoms with Gasteiger partial charge in [0.1, 0.15) is 0 Å².